The molecule has 0 amide bonds. The average molecular weight is 349 g/mol. The van der Waals surface area contributed by atoms with Crippen molar-refractivity contribution in [3.05, 3.63) is 71.8 Å². The highest BCUT2D eigenvalue weighted by Crippen LogP contribution is 2.24. The van der Waals surface area contributed by atoms with E-state index in [0.717, 1.165) is 24.9 Å². The Kier molecular flexibility index (Phi) is 5.72. The molecule has 1 heterocycles. The van der Waals surface area contributed by atoms with Gasteiger partial charge in [-0.3, -0.25) is 0 Å². The van der Waals surface area contributed by atoms with Gasteiger partial charge in [-0.25, -0.2) is 4.79 Å². The van der Waals surface area contributed by atoms with Gasteiger partial charge in [0.2, 0.25) is 0 Å². The van der Waals surface area contributed by atoms with Crippen LogP contribution in [0.1, 0.15) is 24.0 Å². The van der Waals surface area contributed by atoms with Crippen molar-refractivity contribution >= 4 is 5.97 Å². The lowest BCUT2D eigenvalue weighted by molar-refractivity contribution is -0.168. The van der Waals surface area contributed by atoms with Gasteiger partial charge in [0.25, 0.3) is 5.60 Å². The highest BCUT2D eigenvalue weighted by molar-refractivity contribution is 5.85. The third-order valence-corrected chi connectivity index (χ3v) is 4.50. The first-order valence-electron chi connectivity index (χ1n) is 8.84. The smallest absolute Gasteiger partial charge is 0.356 e. The Morgan fingerprint density at radius 1 is 1.15 bits per heavy atom. The summed E-state index contributed by atoms with van der Waals surface area (Å²) in [6.45, 7) is 1.66. The number of carbonyl (C=O) groups is 1. The first-order chi connectivity index (χ1) is 12.6. The van der Waals surface area contributed by atoms with Gasteiger partial charge in [0.15, 0.2) is 0 Å². The van der Waals surface area contributed by atoms with E-state index in [9.17, 15) is 9.90 Å². The maximum atomic E-state index is 12.9. The topological polar surface area (TPSA) is 49.8 Å². The lowest BCUT2D eigenvalue weighted by atomic mass is 9.94. The summed E-state index contributed by atoms with van der Waals surface area (Å²) >= 11 is 0. The molecule has 4 heteroatoms. The molecule has 2 unspecified atom stereocenters. The lowest BCUT2D eigenvalue weighted by Crippen LogP contribution is -2.43. The third-order valence-electron chi connectivity index (χ3n) is 4.50. The number of hydrogen-bond acceptors (Lipinski definition) is 4. The van der Waals surface area contributed by atoms with Crippen LogP contribution in [0, 0.1) is 11.8 Å². The Labute approximate surface area is 154 Å². The summed E-state index contributed by atoms with van der Waals surface area (Å²) in [7, 11) is 2.00. The van der Waals surface area contributed by atoms with Crippen LogP contribution in [0.2, 0.25) is 0 Å². The molecule has 1 fully saturated rings. The zero-order valence-corrected chi connectivity index (χ0v) is 14.9. The van der Waals surface area contributed by atoms with Crippen LogP contribution in [0.5, 0.6) is 0 Å². The second kappa shape index (κ2) is 8.18. The van der Waals surface area contributed by atoms with E-state index in [4.69, 9.17) is 4.74 Å². The van der Waals surface area contributed by atoms with E-state index >= 15 is 0 Å². The molecule has 2 atom stereocenters. The number of esters is 1. The van der Waals surface area contributed by atoms with Gasteiger partial charge in [-0.15, -0.1) is 0 Å². The minimum Gasteiger partial charge on any atom is -0.458 e. The van der Waals surface area contributed by atoms with Crippen LogP contribution in [0.15, 0.2) is 60.7 Å². The summed E-state index contributed by atoms with van der Waals surface area (Å²) in [5.74, 6) is 4.93. The van der Waals surface area contributed by atoms with E-state index < -0.39 is 11.6 Å². The summed E-state index contributed by atoms with van der Waals surface area (Å²) in [5, 5.41) is 11.1. The van der Waals surface area contributed by atoms with Gasteiger partial charge in [0, 0.05) is 17.7 Å². The number of likely N-dealkylation sites (N-methyl/N-ethyl adjacent to an activating group) is 1. The van der Waals surface area contributed by atoms with E-state index in [2.05, 4.69) is 16.7 Å². The molecule has 0 radical (unpaired) electrons. The number of likely N-dealkylation sites (tertiary alicyclic amines) is 1. The molecule has 2 aromatic rings. The number of piperidine rings is 1. The number of ether oxygens (including phenoxy) is 1. The second-order valence-corrected chi connectivity index (χ2v) is 6.62. The van der Waals surface area contributed by atoms with Crippen molar-refractivity contribution in [2.24, 2.45) is 0 Å². The summed E-state index contributed by atoms with van der Waals surface area (Å²) < 4.78 is 5.64. The summed E-state index contributed by atoms with van der Waals surface area (Å²) in [4.78, 5) is 15.0. The number of benzene rings is 2. The predicted molar refractivity (Wildman–Crippen MR) is 100 cm³/mol. The molecule has 1 N–H and O–H groups in total. The molecule has 2 aromatic carbocycles. The van der Waals surface area contributed by atoms with E-state index in [1.54, 1.807) is 24.3 Å². The average Bonchev–Trinajstić information content (AvgIpc) is 2.67. The molecule has 0 aromatic heterocycles. The monoisotopic (exact) mass is 349 g/mol. The van der Waals surface area contributed by atoms with Crippen molar-refractivity contribution in [3.8, 4) is 11.8 Å². The van der Waals surface area contributed by atoms with E-state index in [1.807, 2.05) is 43.4 Å². The zero-order valence-electron chi connectivity index (χ0n) is 14.9. The molecule has 4 nitrogen and oxygen atoms in total. The van der Waals surface area contributed by atoms with Crippen LogP contribution in [-0.4, -0.2) is 42.2 Å². The van der Waals surface area contributed by atoms with Crippen molar-refractivity contribution in [2.75, 3.05) is 20.1 Å². The molecule has 1 aliphatic heterocycles. The van der Waals surface area contributed by atoms with Crippen LogP contribution in [0.25, 0.3) is 0 Å². The SMILES string of the molecule is CN1CCCC(OC(=O)C(O)(C#Cc2ccccc2)c2ccccc2)C1. The van der Waals surface area contributed by atoms with Crippen LogP contribution in [0.3, 0.4) is 0 Å². The van der Waals surface area contributed by atoms with E-state index in [-0.39, 0.29) is 6.10 Å². The standard InChI is InChI=1S/C22H23NO3/c1-23-16-8-13-20(17-23)26-21(24)22(25,19-11-6-3-7-12-19)15-14-18-9-4-2-5-10-18/h2-7,9-12,20,25H,8,13,16-17H2,1H3. The van der Waals surface area contributed by atoms with Gasteiger partial charge >= 0.3 is 5.97 Å². The number of aliphatic hydroxyl groups is 1. The van der Waals surface area contributed by atoms with Crippen molar-refractivity contribution < 1.29 is 14.6 Å². The van der Waals surface area contributed by atoms with Gasteiger partial charge in [-0.05, 0) is 44.5 Å². The van der Waals surface area contributed by atoms with Crippen LogP contribution in [-0.2, 0) is 15.1 Å². The van der Waals surface area contributed by atoms with Crippen molar-refractivity contribution in [3.63, 3.8) is 0 Å². The Morgan fingerprint density at radius 3 is 2.46 bits per heavy atom. The predicted octanol–water partition coefficient (Wildman–Crippen LogP) is 2.56. The normalized spacial score (nSPS) is 19.7. The van der Waals surface area contributed by atoms with Gasteiger partial charge < -0.3 is 14.7 Å². The maximum Gasteiger partial charge on any atom is 0.356 e. The Hall–Kier alpha value is -2.61. The number of nitrogens with zero attached hydrogens (tertiary/aromatic N) is 1. The minimum absolute atomic E-state index is 0.227. The lowest BCUT2D eigenvalue weighted by Gasteiger charge is -2.31. The summed E-state index contributed by atoms with van der Waals surface area (Å²) in [6, 6.07) is 18.0. The number of rotatable bonds is 3. The molecule has 1 saturated heterocycles. The molecular weight excluding hydrogens is 326 g/mol. The number of hydrogen-bond donors (Lipinski definition) is 1. The maximum absolute atomic E-state index is 12.9. The first kappa shape index (κ1) is 18.2. The Balaban J connectivity index is 1.88. The van der Waals surface area contributed by atoms with Crippen LogP contribution >= 0.6 is 0 Å². The van der Waals surface area contributed by atoms with Gasteiger partial charge in [0.05, 0.1) is 0 Å². The quantitative estimate of drug-likeness (QED) is 0.683. The fraction of sp³-hybridized carbons (Fsp3) is 0.318. The Bertz CT molecular complexity index is 794. The van der Waals surface area contributed by atoms with Gasteiger partial charge in [-0.2, -0.15) is 0 Å². The van der Waals surface area contributed by atoms with Crippen LogP contribution in [0.4, 0.5) is 0 Å². The van der Waals surface area contributed by atoms with Gasteiger partial charge in [-0.1, -0.05) is 54.5 Å². The molecular formula is C22H23NO3. The van der Waals surface area contributed by atoms with Crippen molar-refractivity contribution in [1.82, 2.24) is 4.90 Å². The molecule has 0 aliphatic carbocycles. The summed E-state index contributed by atoms with van der Waals surface area (Å²) in [6.07, 6.45) is 1.54. The number of carbonyl (C=O) groups excluding carboxylic acids is 1. The third kappa shape index (κ3) is 4.32. The van der Waals surface area contributed by atoms with E-state index in [0.29, 0.717) is 12.1 Å². The molecule has 0 spiro atoms. The molecule has 1 aliphatic rings. The molecule has 26 heavy (non-hydrogen) atoms. The summed E-state index contributed by atoms with van der Waals surface area (Å²) in [5.41, 5.74) is -0.850. The zero-order chi connectivity index (χ0) is 18.4. The van der Waals surface area contributed by atoms with Gasteiger partial charge in [0.1, 0.15) is 6.10 Å². The second-order valence-electron chi connectivity index (χ2n) is 6.62. The molecule has 3 rings (SSSR count). The highest BCUT2D eigenvalue weighted by Gasteiger charge is 2.40. The van der Waals surface area contributed by atoms with Crippen molar-refractivity contribution in [1.29, 1.82) is 0 Å². The largest absolute Gasteiger partial charge is 0.458 e. The molecule has 134 valence electrons. The Morgan fingerprint density at radius 2 is 1.81 bits per heavy atom. The first-order valence-corrected chi connectivity index (χ1v) is 8.84. The fourth-order valence-electron chi connectivity index (χ4n) is 3.06. The molecule has 0 saturated carbocycles. The van der Waals surface area contributed by atoms with Crippen molar-refractivity contribution in [2.45, 2.75) is 24.5 Å². The fourth-order valence-corrected chi connectivity index (χ4v) is 3.06. The minimum atomic E-state index is -1.99. The van der Waals surface area contributed by atoms with Crippen LogP contribution < -0.4 is 0 Å². The molecule has 0 bridgehead atoms. The van der Waals surface area contributed by atoms with E-state index in [1.165, 1.54) is 0 Å². The highest BCUT2D eigenvalue weighted by atomic mass is 16.6.